The van der Waals surface area contributed by atoms with Crippen LogP contribution in [-0.2, 0) is 43.3 Å². The Morgan fingerprint density at radius 3 is 2.02 bits per heavy atom. The van der Waals surface area contributed by atoms with Gasteiger partial charge in [0, 0.05) is 46.3 Å². The molecule has 6 nitrogen and oxygen atoms in total. The molecule has 8 heteroatoms. The van der Waals surface area contributed by atoms with Gasteiger partial charge in [0.15, 0.2) is 17.9 Å². The molecule has 1 fully saturated rings. The predicted molar refractivity (Wildman–Crippen MR) is 181 cm³/mol. The van der Waals surface area contributed by atoms with Gasteiger partial charge in [-0.15, -0.1) is 0 Å². The maximum atomic E-state index is 14.3. The molecule has 0 aromatic heterocycles. The zero-order chi connectivity index (χ0) is 33.1. The van der Waals surface area contributed by atoms with Gasteiger partial charge in [0.2, 0.25) is 0 Å². The predicted octanol–water partition coefficient (Wildman–Crippen LogP) is 8.97. The molecular formula is C38H46ClFO6. The van der Waals surface area contributed by atoms with Gasteiger partial charge in [-0.05, 0) is 59.4 Å². The molecule has 1 saturated heterocycles. The molecule has 0 aliphatic carbocycles. The third kappa shape index (κ3) is 12.5. The lowest BCUT2D eigenvalue weighted by Crippen LogP contribution is -2.34. The molecular weight excluding hydrogens is 607 g/mol. The minimum atomic E-state index is -0.372. The fourth-order valence-electron chi connectivity index (χ4n) is 4.95. The average Bonchev–Trinajstić information content (AvgIpc) is 3.08. The van der Waals surface area contributed by atoms with Gasteiger partial charge in [-0.2, -0.15) is 0 Å². The molecule has 1 aliphatic rings. The minimum Gasteiger partial charge on any atom is -0.491 e. The van der Waals surface area contributed by atoms with Crippen molar-refractivity contribution in [2.24, 2.45) is 0 Å². The van der Waals surface area contributed by atoms with Crippen LogP contribution in [0.5, 0.6) is 5.75 Å². The summed E-state index contributed by atoms with van der Waals surface area (Å²) in [5.74, 6) is -0.113. The Balaban J connectivity index is 0.000000405. The van der Waals surface area contributed by atoms with Crippen LogP contribution in [0, 0.1) is 5.82 Å². The van der Waals surface area contributed by atoms with E-state index >= 15 is 0 Å². The molecule has 1 heterocycles. The topological polar surface area (TPSA) is 55.4 Å². The van der Waals surface area contributed by atoms with Crippen molar-refractivity contribution in [2.75, 3.05) is 35.0 Å². The van der Waals surface area contributed by atoms with E-state index in [0.29, 0.717) is 44.1 Å². The highest BCUT2D eigenvalue weighted by molar-refractivity contribution is 6.31. The third-order valence-electron chi connectivity index (χ3n) is 7.13. The number of methoxy groups -OCH3 is 3. The Kier molecular flexibility index (Phi) is 16.8. The number of hydrogen-bond donors (Lipinski definition) is 0. The molecule has 3 atom stereocenters. The normalized spacial score (nSPS) is 17.2. The summed E-state index contributed by atoms with van der Waals surface area (Å²) in [5, 5.41) is 0.633. The zero-order valence-corrected chi connectivity index (χ0v) is 28.2. The van der Waals surface area contributed by atoms with Gasteiger partial charge in [0.25, 0.3) is 0 Å². The molecule has 4 aromatic carbocycles. The molecule has 4 aromatic rings. The molecule has 1 aliphatic heterocycles. The maximum Gasteiger partial charge on any atom is 0.165 e. The van der Waals surface area contributed by atoms with E-state index in [2.05, 4.69) is 16.9 Å². The number of rotatable bonds is 11. The van der Waals surface area contributed by atoms with Crippen LogP contribution in [0.15, 0.2) is 97.1 Å². The fourth-order valence-corrected chi connectivity index (χ4v) is 5.14. The highest BCUT2D eigenvalue weighted by Gasteiger charge is 2.31. The van der Waals surface area contributed by atoms with E-state index in [4.69, 9.17) is 35.3 Å². The SMILES string of the molecule is CCOc1ccc(Cc2cc(C3CC(OCc4ccccc4)CC(OC)O3)ccc2Cl)cc1F.COC.COCc1ccccc1. The molecule has 0 saturated carbocycles. The van der Waals surface area contributed by atoms with Gasteiger partial charge in [0.1, 0.15) is 0 Å². The lowest BCUT2D eigenvalue weighted by Gasteiger charge is -2.35. The van der Waals surface area contributed by atoms with Crippen molar-refractivity contribution in [2.45, 2.75) is 57.9 Å². The van der Waals surface area contributed by atoms with Crippen molar-refractivity contribution in [3.63, 3.8) is 0 Å². The van der Waals surface area contributed by atoms with Crippen molar-refractivity contribution in [3.8, 4) is 5.75 Å². The first kappa shape index (κ1) is 37.2. The van der Waals surface area contributed by atoms with E-state index in [1.165, 1.54) is 11.6 Å². The monoisotopic (exact) mass is 652 g/mol. The molecule has 46 heavy (non-hydrogen) atoms. The summed E-state index contributed by atoms with van der Waals surface area (Å²) in [7, 11) is 6.60. The van der Waals surface area contributed by atoms with Gasteiger partial charge in [0.05, 0.1) is 32.0 Å². The van der Waals surface area contributed by atoms with E-state index in [9.17, 15) is 4.39 Å². The molecule has 3 unspecified atom stereocenters. The number of hydrogen-bond acceptors (Lipinski definition) is 6. The number of ether oxygens (including phenoxy) is 6. The van der Waals surface area contributed by atoms with Crippen LogP contribution >= 0.6 is 11.6 Å². The highest BCUT2D eigenvalue weighted by Crippen LogP contribution is 2.35. The Labute approximate surface area is 278 Å². The van der Waals surface area contributed by atoms with E-state index in [1.807, 2.05) is 79.7 Å². The van der Waals surface area contributed by atoms with E-state index in [-0.39, 0.29) is 30.1 Å². The van der Waals surface area contributed by atoms with Crippen LogP contribution in [0.25, 0.3) is 0 Å². The van der Waals surface area contributed by atoms with Crippen LogP contribution in [0.2, 0.25) is 5.02 Å². The van der Waals surface area contributed by atoms with Crippen LogP contribution in [0.1, 0.15) is 53.7 Å². The molecule has 0 N–H and O–H groups in total. The summed E-state index contributed by atoms with van der Waals surface area (Å²) in [6.07, 6.45) is 1.36. The molecule has 248 valence electrons. The number of halogens is 2. The Bertz CT molecular complexity index is 1410. The van der Waals surface area contributed by atoms with Crippen LogP contribution in [-0.4, -0.2) is 47.4 Å². The summed E-state index contributed by atoms with van der Waals surface area (Å²) >= 11 is 6.50. The quantitative estimate of drug-likeness (QED) is 0.161. The van der Waals surface area contributed by atoms with Crippen molar-refractivity contribution in [1.82, 2.24) is 0 Å². The molecule has 0 radical (unpaired) electrons. The fraction of sp³-hybridized carbons (Fsp3) is 0.368. The van der Waals surface area contributed by atoms with E-state index < -0.39 is 0 Å². The second-order valence-electron chi connectivity index (χ2n) is 10.7. The smallest absolute Gasteiger partial charge is 0.165 e. The maximum absolute atomic E-state index is 14.3. The van der Waals surface area contributed by atoms with Crippen LogP contribution < -0.4 is 4.74 Å². The lowest BCUT2D eigenvalue weighted by atomic mass is 9.95. The van der Waals surface area contributed by atoms with Crippen molar-refractivity contribution < 1.29 is 32.8 Å². The van der Waals surface area contributed by atoms with Gasteiger partial charge in [-0.3, -0.25) is 0 Å². The van der Waals surface area contributed by atoms with Gasteiger partial charge in [-0.25, -0.2) is 4.39 Å². The highest BCUT2D eigenvalue weighted by atomic mass is 35.5. The van der Waals surface area contributed by atoms with Gasteiger partial charge < -0.3 is 28.4 Å². The van der Waals surface area contributed by atoms with Gasteiger partial charge in [-0.1, -0.05) is 90.5 Å². The lowest BCUT2D eigenvalue weighted by molar-refractivity contribution is -0.214. The van der Waals surface area contributed by atoms with Crippen LogP contribution in [0.4, 0.5) is 4.39 Å². The largest absolute Gasteiger partial charge is 0.491 e. The Morgan fingerprint density at radius 1 is 0.783 bits per heavy atom. The summed E-state index contributed by atoms with van der Waals surface area (Å²) < 4.78 is 46.7. The van der Waals surface area contributed by atoms with Gasteiger partial charge >= 0.3 is 0 Å². The van der Waals surface area contributed by atoms with E-state index in [0.717, 1.165) is 22.3 Å². The summed E-state index contributed by atoms with van der Waals surface area (Å²) in [6, 6.07) is 31.1. The second kappa shape index (κ2) is 20.7. The molecule has 5 rings (SSSR count). The molecule has 0 amide bonds. The van der Waals surface area contributed by atoms with Crippen LogP contribution in [0.3, 0.4) is 0 Å². The average molecular weight is 653 g/mol. The van der Waals surface area contributed by atoms with Crippen molar-refractivity contribution in [3.05, 3.63) is 136 Å². The molecule has 0 bridgehead atoms. The zero-order valence-electron chi connectivity index (χ0n) is 27.4. The first-order chi connectivity index (χ1) is 22.4. The van der Waals surface area contributed by atoms with Crippen molar-refractivity contribution >= 4 is 11.6 Å². The Hall–Kier alpha value is -3.30. The number of benzene rings is 4. The molecule has 0 spiro atoms. The summed E-state index contributed by atoms with van der Waals surface area (Å²) in [6.45, 7) is 3.51. The minimum absolute atomic E-state index is 0.00300. The standard InChI is InChI=1S/C28H30ClFO4.C8H10O.C2H6O/c1-3-32-26-12-9-20(14-25(26)30)13-22-15-21(10-11-24(22)29)27-16-23(17-28(31-2)34-27)33-18-19-7-5-4-6-8-19;1-9-7-8-5-3-2-4-6-8;1-3-2/h4-12,14-15,23,27-28H,3,13,16-18H2,1-2H3;2-6H,7H2,1H3;1-2H3. The second-order valence-corrected chi connectivity index (χ2v) is 11.1. The third-order valence-corrected chi connectivity index (χ3v) is 7.49. The summed E-state index contributed by atoms with van der Waals surface area (Å²) in [5.41, 5.74) is 5.09. The first-order valence-electron chi connectivity index (χ1n) is 15.4. The van der Waals surface area contributed by atoms with E-state index in [1.54, 1.807) is 34.5 Å². The van der Waals surface area contributed by atoms with Crippen molar-refractivity contribution in [1.29, 1.82) is 0 Å². The Morgan fingerprint density at radius 2 is 1.43 bits per heavy atom. The first-order valence-corrected chi connectivity index (χ1v) is 15.7. The summed E-state index contributed by atoms with van der Waals surface area (Å²) in [4.78, 5) is 0.